The van der Waals surface area contributed by atoms with E-state index in [1.165, 1.54) is 6.39 Å². The summed E-state index contributed by atoms with van der Waals surface area (Å²) < 4.78 is 9.98. The van der Waals surface area contributed by atoms with E-state index < -0.39 is 0 Å². The Balaban J connectivity index is 2.50. The number of hydrogen-bond acceptors (Lipinski definition) is 4. The minimum atomic E-state index is -0.380. The molecule has 14 heavy (non-hydrogen) atoms. The Morgan fingerprint density at radius 2 is 2.43 bits per heavy atom. The van der Waals surface area contributed by atoms with Crippen molar-refractivity contribution in [2.75, 3.05) is 6.61 Å². The van der Waals surface area contributed by atoms with E-state index in [1.54, 1.807) is 25.1 Å². The molecule has 0 radical (unpaired) electrons. The van der Waals surface area contributed by atoms with E-state index in [1.807, 2.05) is 0 Å². The van der Waals surface area contributed by atoms with Crippen LogP contribution >= 0.6 is 0 Å². The molecule has 0 saturated heterocycles. The molecule has 0 atom stereocenters. The smallest absolute Gasteiger partial charge is 0.342 e. The highest BCUT2D eigenvalue weighted by atomic mass is 16.5. The Labute approximate surface area is 80.5 Å². The third-order valence-electron chi connectivity index (χ3n) is 1.85. The van der Waals surface area contributed by atoms with Crippen molar-refractivity contribution in [1.29, 1.82) is 0 Å². The number of benzene rings is 1. The van der Waals surface area contributed by atoms with Crippen molar-refractivity contribution in [3.63, 3.8) is 0 Å². The fourth-order valence-corrected chi connectivity index (χ4v) is 1.26. The van der Waals surface area contributed by atoms with Gasteiger partial charge in [0.2, 0.25) is 0 Å². The van der Waals surface area contributed by atoms with E-state index >= 15 is 0 Å². The molecule has 1 heterocycles. The number of rotatable bonds is 2. The molecule has 0 aliphatic heterocycles. The molecule has 0 unspecified atom stereocenters. The molecule has 0 N–H and O–H groups in total. The molecule has 1 aromatic heterocycles. The highest BCUT2D eigenvalue weighted by Crippen LogP contribution is 2.17. The van der Waals surface area contributed by atoms with Gasteiger partial charge in [-0.1, -0.05) is 6.07 Å². The first-order valence-corrected chi connectivity index (χ1v) is 4.32. The number of ether oxygens (including phenoxy) is 1. The molecule has 2 aromatic rings. The number of para-hydroxylation sites is 1. The van der Waals surface area contributed by atoms with Crippen LogP contribution in [0.3, 0.4) is 0 Å². The van der Waals surface area contributed by atoms with Crippen LogP contribution in [0.15, 0.2) is 29.0 Å². The quantitative estimate of drug-likeness (QED) is 0.681. The number of carbonyl (C=O) groups excluding carboxylic acids is 1. The van der Waals surface area contributed by atoms with Crippen molar-refractivity contribution in [2.45, 2.75) is 6.92 Å². The molecule has 72 valence electrons. The SMILES string of the molecule is CCOC(=O)c1cccc2ncoc12. The van der Waals surface area contributed by atoms with Gasteiger partial charge in [-0.3, -0.25) is 0 Å². The monoisotopic (exact) mass is 191 g/mol. The average Bonchev–Trinajstić information content (AvgIpc) is 2.65. The van der Waals surface area contributed by atoms with Crippen LogP contribution in [0.25, 0.3) is 11.1 Å². The minimum absolute atomic E-state index is 0.351. The molecule has 0 saturated carbocycles. The number of nitrogens with zero attached hydrogens (tertiary/aromatic N) is 1. The molecule has 2 rings (SSSR count). The molecule has 1 aromatic carbocycles. The Kier molecular flexibility index (Phi) is 2.18. The molecule has 4 nitrogen and oxygen atoms in total. The van der Waals surface area contributed by atoms with Gasteiger partial charge >= 0.3 is 5.97 Å². The fraction of sp³-hybridized carbons (Fsp3) is 0.200. The zero-order valence-corrected chi connectivity index (χ0v) is 7.69. The summed E-state index contributed by atoms with van der Waals surface area (Å²) in [5, 5.41) is 0. The summed E-state index contributed by atoms with van der Waals surface area (Å²) in [6.45, 7) is 2.11. The number of oxazole rings is 1. The Bertz CT molecular complexity index is 461. The van der Waals surface area contributed by atoms with E-state index in [-0.39, 0.29) is 5.97 Å². The number of esters is 1. The average molecular weight is 191 g/mol. The Hall–Kier alpha value is -1.84. The van der Waals surface area contributed by atoms with E-state index in [0.717, 1.165) is 0 Å². The highest BCUT2D eigenvalue weighted by molar-refractivity contribution is 6.00. The van der Waals surface area contributed by atoms with Gasteiger partial charge in [-0.25, -0.2) is 9.78 Å². The van der Waals surface area contributed by atoms with Crippen LogP contribution in [0.4, 0.5) is 0 Å². The summed E-state index contributed by atoms with van der Waals surface area (Å²) in [7, 11) is 0. The second kappa shape index (κ2) is 3.49. The van der Waals surface area contributed by atoms with Gasteiger partial charge in [0.1, 0.15) is 11.1 Å². The van der Waals surface area contributed by atoms with E-state index in [2.05, 4.69) is 4.98 Å². The van der Waals surface area contributed by atoms with Crippen LogP contribution in [-0.2, 0) is 4.74 Å². The van der Waals surface area contributed by atoms with Gasteiger partial charge in [-0.05, 0) is 19.1 Å². The first kappa shape index (κ1) is 8.74. The van der Waals surface area contributed by atoms with Crippen molar-refractivity contribution < 1.29 is 13.9 Å². The number of aromatic nitrogens is 1. The van der Waals surface area contributed by atoms with Crippen molar-refractivity contribution in [3.05, 3.63) is 30.2 Å². The summed E-state index contributed by atoms with van der Waals surface area (Å²) in [4.78, 5) is 15.4. The molecule has 0 aliphatic carbocycles. The van der Waals surface area contributed by atoms with Gasteiger partial charge in [0.25, 0.3) is 0 Å². The van der Waals surface area contributed by atoms with Crippen LogP contribution in [0.1, 0.15) is 17.3 Å². The topological polar surface area (TPSA) is 52.3 Å². The zero-order chi connectivity index (χ0) is 9.97. The first-order chi connectivity index (χ1) is 6.83. The predicted octanol–water partition coefficient (Wildman–Crippen LogP) is 2.00. The summed E-state index contributed by atoms with van der Waals surface area (Å²) >= 11 is 0. The zero-order valence-electron chi connectivity index (χ0n) is 7.69. The Morgan fingerprint density at radius 1 is 1.57 bits per heavy atom. The number of carbonyl (C=O) groups is 1. The van der Waals surface area contributed by atoms with Crippen molar-refractivity contribution in [2.24, 2.45) is 0 Å². The maximum absolute atomic E-state index is 11.4. The van der Waals surface area contributed by atoms with Crippen molar-refractivity contribution in [1.82, 2.24) is 4.98 Å². The lowest BCUT2D eigenvalue weighted by atomic mass is 10.2. The normalized spacial score (nSPS) is 10.4. The summed E-state index contributed by atoms with van der Waals surface area (Å²) in [5.41, 5.74) is 1.56. The second-order valence-corrected chi connectivity index (χ2v) is 2.73. The highest BCUT2D eigenvalue weighted by Gasteiger charge is 2.13. The molecule has 4 heteroatoms. The molecular weight excluding hydrogens is 182 g/mol. The predicted molar refractivity (Wildman–Crippen MR) is 50.0 cm³/mol. The van der Waals surface area contributed by atoms with E-state index in [9.17, 15) is 4.79 Å². The lowest BCUT2D eigenvalue weighted by molar-refractivity contribution is 0.0527. The van der Waals surface area contributed by atoms with E-state index in [0.29, 0.717) is 23.3 Å². The molecular formula is C10H9NO3. The maximum atomic E-state index is 11.4. The van der Waals surface area contributed by atoms with Crippen LogP contribution in [0.2, 0.25) is 0 Å². The lowest BCUT2D eigenvalue weighted by Gasteiger charge is -2.00. The van der Waals surface area contributed by atoms with E-state index in [4.69, 9.17) is 9.15 Å². The standard InChI is InChI=1S/C10H9NO3/c1-2-13-10(12)7-4-3-5-8-9(7)14-6-11-8/h3-6H,2H2,1H3. The molecule has 0 fully saturated rings. The summed E-state index contributed by atoms with van der Waals surface area (Å²) in [5.74, 6) is -0.380. The largest absolute Gasteiger partial charge is 0.462 e. The van der Waals surface area contributed by atoms with Crippen LogP contribution in [0, 0.1) is 0 Å². The van der Waals surface area contributed by atoms with Crippen LogP contribution < -0.4 is 0 Å². The third kappa shape index (κ3) is 1.35. The summed E-state index contributed by atoms with van der Waals surface area (Å²) in [6.07, 6.45) is 1.31. The fourth-order valence-electron chi connectivity index (χ4n) is 1.26. The minimum Gasteiger partial charge on any atom is -0.462 e. The van der Waals surface area contributed by atoms with Crippen LogP contribution in [-0.4, -0.2) is 17.6 Å². The molecule has 0 spiro atoms. The lowest BCUT2D eigenvalue weighted by Crippen LogP contribution is -2.04. The van der Waals surface area contributed by atoms with Crippen LogP contribution in [0.5, 0.6) is 0 Å². The molecule has 0 amide bonds. The van der Waals surface area contributed by atoms with Crippen molar-refractivity contribution in [3.8, 4) is 0 Å². The van der Waals surface area contributed by atoms with Gasteiger partial charge in [-0.2, -0.15) is 0 Å². The maximum Gasteiger partial charge on any atom is 0.342 e. The second-order valence-electron chi connectivity index (χ2n) is 2.73. The molecule has 0 aliphatic rings. The van der Waals surface area contributed by atoms with Crippen molar-refractivity contribution >= 4 is 17.1 Å². The van der Waals surface area contributed by atoms with Gasteiger partial charge in [0, 0.05) is 0 Å². The number of hydrogen-bond donors (Lipinski definition) is 0. The Morgan fingerprint density at radius 3 is 3.21 bits per heavy atom. The van der Waals surface area contributed by atoms with Gasteiger partial charge in [-0.15, -0.1) is 0 Å². The van der Waals surface area contributed by atoms with Gasteiger partial charge in [0.15, 0.2) is 12.0 Å². The molecule has 0 bridgehead atoms. The van der Waals surface area contributed by atoms with Gasteiger partial charge < -0.3 is 9.15 Å². The number of fused-ring (bicyclic) bond motifs is 1. The van der Waals surface area contributed by atoms with Gasteiger partial charge in [0.05, 0.1) is 6.61 Å². The summed E-state index contributed by atoms with van der Waals surface area (Å²) in [6, 6.07) is 5.18. The third-order valence-corrected chi connectivity index (χ3v) is 1.85. The first-order valence-electron chi connectivity index (χ1n) is 4.32.